The van der Waals surface area contributed by atoms with Crippen LogP contribution in [0.2, 0.25) is 0 Å². The summed E-state index contributed by atoms with van der Waals surface area (Å²) in [6, 6.07) is 0. The van der Waals surface area contributed by atoms with Crippen LogP contribution < -0.4 is 15.6 Å². The topological polar surface area (TPSA) is 73.5 Å². The van der Waals surface area contributed by atoms with Gasteiger partial charge in [0, 0.05) is 39.3 Å². The normalized spacial score (nSPS) is 17.4. The van der Waals surface area contributed by atoms with E-state index >= 15 is 0 Å². The summed E-state index contributed by atoms with van der Waals surface area (Å²) in [4.78, 5) is 22.8. The Balaban J connectivity index is 1.83. The van der Waals surface area contributed by atoms with E-state index in [2.05, 4.69) is 32.1 Å². The maximum atomic E-state index is 11.5. The molecule has 2 heterocycles. The fourth-order valence-corrected chi connectivity index (χ4v) is 2.11. The van der Waals surface area contributed by atoms with E-state index in [0.717, 1.165) is 39.3 Å². The lowest BCUT2D eigenvalue weighted by Crippen LogP contribution is -2.45. The first-order valence-corrected chi connectivity index (χ1v) is 6.47. The SMILES string of the molecule is COc1c(NCCN2CCN(C)CC2)nc[nH]c1=O. The predicted octanol–water partition coefficient (Wildman–Crippen LogP) is -0.562. The monoisotopic (exact) mass is 267 g/mol. The second kappa shape index (κ2) is 6.53. The van der Waals surface area contributed by atoms with Crippen molar-refractivity contribution in [1.29, 1.82) is 0 Å². The van der Waals surface area contributed by atoms with Crippen molar-refractivity contribution in [3.63, 3.8) is 0 Å². The van der Waals surface area contributed by atoms with E-state index in [1.165, 1.54) is 13.4 Å². The quantitative estimate of drug-likeness (QED) is 0.745. The minimum Gasteiger partial charge on any atom is -0.489 e. The molecule has 19 heavy (non-hydrogen) atoms. The third-order valence-corrected chi connectivity index (χ3v) is 3.33. The van der Waals surface area contributed by atoms with Crippen molar-refractivity contribution >= 4 is 5.82 Å². The van der Waals surface area contributed by atoms with Gasteiger partial charge in [-0.2, -0.15) is 0 Å². The zero-order valence-electron chi connectivity index (χ0n) is 11.5. The van der Waals surface area contributed by atoms with Gasteiger partial charge in [0.15, 0.2) is 5.82 Å². The van der Waals surface area contributed by atoms with Crippen LogP contribution in [0, 0.1) is 0 Å². The Kier molecular flexibility index (Phi) is 4.75. The molecule has 106 valence electrons. The molecule has 0 spiro atoms. The fourth-order valence-electron chi connectivity index (χ4n) is 2.11. The zero-order chi connectivity index (χ0) is 13.7. The molecule has 0 aliphatic carbocycles. The van der Waals surface area contributed by atoms with Crippen LogP contribution in [0.5, 0.6) is 5.75 Å². The number of hydrogen-bond donors (Lipinski definition) is 2. The third kappa shape index (κ3) is 3.68. The maximum Gasteiger partial charge on any atom is 0.295 e. The van der Waals surface area contributed by atoms with Gasteiger partial charge in [0.25, 0.3) is 5.56 Å². The molecule has 1 aromatic rings. The molecule has 0 aromatic carbocycles. The zero-order valence-corrected chi connectivity index (χ0v) is 11.5. The van der Waals surface area contributed by atoms with Gasteiger partial charge in [-0.15, -0.1) is 0 Å². The van der Waals surface area contributed by atoms with Gasteiger partial charge in [-0.25, -0.2) is 4.98 Å². The molecule has 0 amide bonds. The number of aromatic amines is 1. The molecule has 0 bridgehead atoms. The molecular weight excluding hydrogens is 246 g/mol. The number of likely N-dealkylation sites (N-methyl/N-ethyl adjacent to an activating group) is 1. The number of anilines is 1. The van der Waals surface area contributed by atoms with Gasteiger partial charge in [-0.3, -0.25) is 9.69 Å². The average molecular weight is 267 g/mol. The maximum absolute atomic E-state index is 11.5. The molecule has 0 atom stereocenters. The van der Waals surface area contributed by atoms with E-state index in [0.29, 0.717) is 5.82 Å². The van der Waals surface area contributed by atoms with Crippen molar-refractivity contribution in [3.8, 4) is 5.75 Å². The number of piperazine rings is 1. The lowest BCUT2D eigenvalue weighted by Gasteiger charge is -2.32. The van der Waals surface area contributed by atoms with Gasteiger partial charge in [0.1, 0.15) is 0 Å². The lowest BCUT2D eigenvalue weighted by molar-refractivity contribution is 0.158. The van der Waals surface area contributed by atoms with Crippen LogP contribution in [-0.2, 0) is 0 Å². The molecule has 2 N–H and O–H groups in total. The first-order chi connectivity index (χ1) is 9.20. The van der Waals surface area contributed by atoms with Crippen LogP contribution in [-0.4, -0.2) is 73.2 Å². The van der Waals surface area contributed by atoms with Crippen LogP contribution >= 0.6 is 0 Å². The Hall–Kier alpha value is -1.60. The standard InChI is InChI=1S/C12H21N5O2/c1-16-5-7-17(8-6-16)4-3-13-11-10(19-2)12(18)15-9-14-11/h9H,3-8H2,1-2H3,(H2,13,14,15,18). The van der Waals surface area contributed by atoms with Gasteiger partial charge < -0.3 is 19.9 Å². The minimum absolute atomic E-state index is 0.237. The molecule has 2 rings (SSSR count). The Morgan fingerprint density at radius 3 is 2.84 bits per heavy atom. The number of hydrogen-bond acceptors (Lipinski definition) is 6. The van der Waals surface area contributed by atoms with Crippen molar-refractivity contribution < 1.29 is 4.74 Å². The van der Waals surface area contributed by atoms with Crippen molar-refractivity contribution in [2.24, 2.45) is 0 Å². The molecule has 0 unspecified atom stereocenters. The van der Waals surface area contributed by atoms with E-state index in [1.807, 2.05) is 0 Å². The molecule has 1 aliphatic rings. The predicted molar refractivity (Wildman–Crippen MR) is 73.8 cm³/mol. The van der Waals surface area contributed by atoms with E-state index in [4.69, 9.17) is 4.74 Å². The summed E-state index contributed by atoms with van der Waals surface area (Å²) in [5, 5.41) is 3.15. The number of ether oxygens (including phenoxy) is 1. The Labute approximate surface area is 112 Å². The van der Waals surface area contributed by atoms with Gasteiger partial charge in [-0.05, 0) is 7.05 Å². The van der Waals surface area contributed by atoms with Crippen molar-refractivity contribution in [1.82, 2.24) is 19.8 Å². The lowest BCUT2D eigenvalue weighted by atomic mass is 10.3. The van der Waals surface area contributed by atoms with E-state index in [1.54, 1.807) is 0 Å². The minimum atomic E-state index is -0.264. The molecule has 0 saturated carbocycles. The largest absolute Gasteiger partial charge is 0.489 e. The Bertz CT molecular complexity index is 454. The number of nitrogens with zero attached hydrogens (tertiary/aromatic N) is 3. The van der Waals surface area contributed by atoms with E-state index < -0.39 is 0 Å². The van der Waals surface area contributed by atoms with Gasteiger partial charge in [-0.1, -0.05) is 0 Å². The summed E-state index contributed by atoms with van der Waals surface area (Å²) in [5.41, 5.74) is -0.264. The molecular formula is C12H21N5O2. The smallest absolute Gasteiger partial charge is 0.295 e. The molecule has 1 aliphatic heterocycles. The Morgan fingerprint density at radius 2 is 2.16 bits per heavy atom. The molecule has 0 radical (unpaired) electrons. The fraction of sp³-hybridized carbons (Fsp3) is 0.667. The summed E-state index contributed by atoms with van der Waals surface area (Å²) in [6.45, 7) is 6.05. The first kappa shape index (κ1) is 13.8. The van der Waals surface area contributed by atoms with Gasteiger partial charge in [0.2, 0.25) is 5.75 Å². The average Bonchev–Trinajstić information content (AvgIpc) is 2.41. The summed E-state index contributed by atoms with van der Waals surface area (Å²) in [5.74, 6) is 0.737. The van der Waals surface area contributed by atoms with Crippen LogP contribution in [0.3, 0.4) is 0 Å². The summed E-state index contributed by atoms with van der Waals surface area (Å²) in [7, 11) is 3.61. The Morgan fingerprint density at radius 1 is 1.42 bits per heavy atom. The highest BCUT2D eigenvalue weighted by atomic mass is 16.5. The van der Waals surface area contributed by atoms with Crippen LogP contribution in [0.15, 0.2) is 11.1 Å². The highest BCUT2D eigenvalue weighted by molar-refractivity contribution is 5.47. The number of aromatic nitrogens is 2. The number of methoxy groups -OCH3 is 1. The van der Waals surface area contributed by atoms with Crippen molar-refractivity contribution in [2.45, 2.75) is 0 Å². The number of H-pyrrole nitrogens is 1. The molecule has 1 fully saturated rings. The molecule has 1 aromatic heterocycles. The second-order valence-electron chi connectivity index (χ2n) is 4.69. The van der Waals surface area contributed by atoms with Crippen molar-refractivity contribution in [2.75, 3.05) is 58.7 Å². The highest BCUT2D eigenvalue weighted by Crippen LogP contribution is 2.13. The van der Waals surface area contributed by atoms with Gasteiger partial charge >= 0.3 is 0 Å². The summed E-state index contributed by atoms with van der Waals surface area (Å²) >= 11 is 0. The molecule has 1 saturated heterocycles. The number of rotatable bonds is 5. The first-order valence-electron chi connectivity index (χ1n) is 6.47. The second-order valence-corrected chi connectivity index (χ2v) is 4.69. The number of nitrogens with one attached hydrogen (secondary N) is 2. The van der Waals surface area contributed by atoms with Crippen LogP contribution in [0.25, 0.3) is 0 Å². The van der Waals surface area contributed by atoms with E-state index in [9.17, 15) is 4.79 Å². The molecule has 7 heteroatoms. The van der Waals surface area contributed by atoms with Gasteiger partial charge in [0.05, 0.1) is 13.4 Å². The summed E-state index contributed by atoms with van der Waals surface area (Å²) in [6.07, 6.45) is 1.38. The van der Waals surface area contributed by atoms with Crippen LogP contribution in [0.4, 0.5) is 5.82 Å². The highest BCUT2D eigenvalue weighted by Gasteiger charge is 2.13. The third-order valence-electron chi connectivity index (χ3n) is 3.33. The van der Waals surface area contributed by atoms with E-state index in [-0.39, 0.29) is 11.3 Å². The summed E-state index contributed by atoms with van der Waals surface area (Å²) < 4.78 is 5.04. The van der Waals surface area contributed by atoms with Crippen LogP contribution in [0.1, 0.15) is 0 Å². The molecule has 7 nitrogen and oxygen atoms in total. The van der Waals surface area contributed by atoms with Crippen molar-refractivity contribution in [3.05, 3.63) is 16.7 Å².